The number of nitrogens with zero attached hydrogens (tertiary/aromatic N) is 1. The highest BCUT2D eigenvalue weighted by Gasteiger charge is 2.29. The molecule has 0 atom stereocenters. The second-order valence-corrected chi connectivity index (χ2v) is 9.33. The van der Waals surface area contributed by atoms with E-state index in [4.69, 9.17) is 11.6 Å². The van der Waals surface area contributed by atoms with E-state index < -0.39 is 10.0 Å². The minimum atomic E-state index is -3.37. The molecule has 0 aliphatic carbocycles. The fourth-order valence-corrected chi connectivity index (χ4v) is 6.41. The van der Waals surface area contributed by atoms with Crippen LogP contribution in [0.1, 0.15) is 15.3 Å². The highest BCUT2D eigenvalue weighted by molar-refractivity contribution is 7.91. The predicted octanol–water partition coefficient (Wildman–Crippen LogP) is 3.34. The zero-order valence-corrected chi connectivity index (χ0v) is 13.9. The number of fused-ring (bicyclic) bond motifs is 1. The van der Waals surface area contributed by atoms with Gasteiger partial charge in [0.15, 0.2) is 0 Å². The van der Waals surface area contributed by atoms with E-state index in [1.165, 1.54) is 16.2 Å². The van der Waals surface area contributed by atoms with Crippen molar-refractivity contribution in [2.24, 2.45) is 0 Å². The number of sulfonamides is 1. The van der Waals surface area contributed by atoms with Crippen molar-refractivity contribution in [2.75, 3.05) is 12.4 Å². The molecule has 0 N–H and O–H groups in total. The van der Waals surface area contributed by atoms with Gasteiger partial charge in [-0.1, -0.05) is 0 Å². The molecule has 3 rings (SSSR count). The number of hydrogen-bond acceptors (Lipinski definition) is 4. The van der Waals surface area contributed by atoms with E-state index in [1.807, 2.05) is 17.5 Å². The Balaban J connectivity index is 1.85. The largest absolute Gasteiger partial charge is 0.252 e. The maximum atomic E-state index is 12.6. The Kier molecular flexibility index (Phi) is 4.19. The third-order valence-electron chi connectivity index (χ3n) is 3.34. The molecule has 0 spiro atoms. The summed E-state index contributed by atoms with van der Waals surface area (Å²) in [6.07, 6.45) is 1.53. The van der Waals surface area contributed by atoms with E-state index in [-0.39, 0.29) is 0 Å². The first-order valence-electron chi connectivity index (χ1n) is 6.31. The van der Waals surface area contributed by atoms with Crippen molar-refractivity contribution in [3.63, 3.8) is 0 Å². The summed E-state index contributed by atoms with van der Waals surface area (Å²) >= 11 is 8.74. The van der Waals surface area contributed by atoms with Crippen molar-refractivity contribution in [3.8, 4) is 0 Å². The van der Waals surface area contributed by atoms with Gasteiger partial charge in [0, 0.05) is 28.7 Å². The molecule has 1 aliphatic rings. The van der Waals surface area contributed by atoms with Crippen LogP contribution in [-0.2, 0) is 29.4 Å². The number of rotatable bonds is 4. The minimum absolute atomic E-state index is 0.427. The molecule has 0 saturated carbocycles. The Bertz CT molecular complexity index is 705. The minimum Gasteiger partial charge on any atom is -0.206 e. The van der Waals surface area contributed by atoms with Gasteiger partial charge in [0.25, 0.3) is 10.0 Å². The molecule has 0 amide bonds. The quantitative estimate of drug-likeness (QED) is 0.795. The summed E-state index contributed by atoms with van der Waals surface area (Å²) in [5.74, 6) is 0.516. The molecule has 0 fully saturated rings. The number of halogens is 1. The Morgan fingerprint density at radius 2 is 2.15 bits per heavy atom. The van der Waals surface area contributed by atoms with E-state index >= 15 is 0 Å². The molecule has 2 aromatic heterocycles. The van der Waals surface area contributed by atoms with Crippen LogP contribution in [0.4, 0.5) is 0 Å². The first kappa shape index (κ1) is 14.5. The van der Waals surface area contributed by atoms with E-state index in [2.05, 4.69) is 0 Å². The summed E-state index contributed by atoms with van der Waals surface area (Å²) in [5, 5.41) is 2.03. The van der Waals surface area contributed by atoms with Crippen LogP contribution in [-0.4, -0.2) is 25.1 Å². The summed E-state index contributed by atoms with van der Waals surface area (Å²) in [7, 11) is -3.37. The second kappa shape index (κ2) is 5.77. The molecule has 7 heteroatoms. The van der Waals surface area contributed by atoms with Crippen molar-refractivity contribution in [1.82, 2.24) is 4.31 Å². The molecule has 1 aliphatic heterocycles. The van der Waals surface area contributed by atoms with Gasteiger partial charge in [-0.15, -0.1) is 34.3 Å². The summed E-state index contributed by atoms with van der Waals surface area (Å²) in [5.41, 5.74) is 1.14. The van der Waals surface area contributed by atoms with Crippen LogP contribution >= 0.6 is 34.3 Å². The summed E-state index contributed by atoms with van der Waals surface area (Å²) < 4.78 is 27.3. The van der Waals surface area contributed by atoms with E-state index in [0.717, 1.165) is 23.3 Å². The Labute approximate surface area is 131 Å². The molecule has 0 radical (unpaired) electrons. The van der Waals surface area contributed by atoms with Crippen LogP contribution in [0.5, 0.6) is 0 Å². The average Bonchev–Trinajstić information content (AvgIpc) is 3.06. The van der Waals surface area contributed by atoms with Gasteiger partial charge in [-0.2, -0.15) is 4.31 Å². The van der Waals surface area contributed by atoms with Gasteiger partial charge < -0.3 is 0 Å². The zero-order chi connectivity index (χ0) is 14.2. The summed E-state index contributed by atoms with van der Waals surface area (Å²) in [6, 6.07) is 5.58. The number of hydrogen-bond donors (Lipinski definition) is 0. The van der Waals surface area contributed by atoms with Gasteiger partial charge >= 0.3 is 0 Å². The highest BCUT2D eigenvalue weighted by Crippen LogP contribution is 2.31. The molecule has 2 aromatic rings. The molecule has 3 nitrogen and oxygen atoms in total. The lowest BCUT2D eigenvalue weighted by atomic mass is 10.1. The molecule has 108 valence electrons. The number of aryl methyl sites for hydroxylation is 1. The first-order valence-corrected chi connectivity index (χ1v) is 9.98. The average molecular weight is 348 g/mol. The van der Waals surface area contributed by atoms with Crippen LogP contribution in [0.3, 0.4) is 0 Å². The number of thiophene rings is 2. The molecule has 0 aromatic carbocycles. The molecule has 0 saturated heterocycles. The van der Waals surface area contributed by atoms with E-state index in [0.29, 0.717) is 23.2 Å². The second-order valence-electron chi connectivity index (χ2n) is 4.62. The molecule has 3 heterocycles. The lowest BCUT2D eigenvalue weighted by molar-refractivity contribution is 0.395. The third-order valence-corrected chi connectivity index (χ3v) is 8.01. The predicted molar refractivity (Wildman–Crippen MR) is 84.4 cm³/mol. The highest BCUT2D eigenvalue weighted by atomic mass is 35.5. The molecular weight excluding hydrogens is 334 g/mol. The van der Waals surface area contributed by atoms with Crippen molar-refractivity contribution < 1.29 is 8.42 Å². The van der Waals surface area contributed by atoms with E-state index in [1.54, 1.807) is 21.7 Å². The van der Waals surface area contributed by atoms with Gasteiger partial charge in [0.1, 0.15) is 4.21 Å². The SMILES string of the molecule is O=S(=O)(c1ccc(CCCl)s1)N1CCc2sccc2C1. The van der Waals surface area contributed by atoms with Crippen LogP contribution in [0.25, 0.3) is 0 Å². The topological polar surface area (TPSA) is 37.4 Å². The van der Waals surface area contributed by atoms with Gasteiger partial charge in [-0.3, -0.25) is 0 Å². The van der Waals surface area contributed by atoms with Crippen molar-refractivity contribution in [3.05, 3.63) is 38.9 Å². The summed E-state index contributed by atoms with van der Waals surface area (Å²) in [4.78, 5) is 2.33. The standard InChI is InChI=1S/C13H14ClNO2S3/c14-6-3-11-1-2-13(19-11)20(16,17)15-7-4-12-10(9-15)5-8-18-12/h1-2,5,8H,3-4,6-7,9H2. The normalized spacial score (nSPS) is 16.2. The molecule has 20 heavy (non-hydrogen) atoms. The van der Waals surface area contributed by atoms with Crippen LogP contribution < -0.4 is 0 Å². The van der Waals surface area contributed by atoms with Gasteiger partial charge in [0.05, 0.1) is 0 Å². The van der Waals surface area contributed by atoms with Crippen molar-refractivity contribution in [1.29, 1.82) is 0 Å². The maximum absolute atomic E-state index is 12.6. The van der Waals surface area contributed by atoms with Crippen molar-refractivity contribution >= 4 is 44.3 Å². The monoisotopic (exact) mass is 347 g/mol. The lowest BCUT2D eigenvalue weighted by Crippen LogP contribution is -2.34. The molecular formula is C13H14ClNO2S3. The van der Waals surface area contributed by atoms with Crippen LogP contribution in [0.2, 0.25) is 0 Å². The summed E-state index contributed by atoms with van der Waals surface area (Å²) in [6.45, 7) is 1.06. The van der Waals surface area contributed by atoms with Gasteiger partial charge in [-0.25, -0.2) is 8.42 Å². The Morgan fingerprint density at radius 3 is 2.95 bits per heavy atom. The third kappa shape index (κ3) is 2.67. The molecule has 0 bridgehead atoms. The Morgan fingerprint density at radius 1 is 1.30 bits per heavy atom. The Hall–Kier alpha value is -0.400. The molecule has 0 unspecified atom stereocenters. The van der Waals surface area contributed by atoms with Gasteiger partial charge in [0.2, 0.25) is 0 Å². The van der Waals surface area contributed by atoms with Crippen LogP contribution in [0, 0.1) is 0 Å². The van der Waals surface area contributed by atoms with Gasteiger partial charge in [-0.05, 0) is 42.0 Å². The number of alkyl halides is 1. The van der Waals surface area contributed by atoms with Crippen LogP contribution in [0.15, 0.2) is 27.8 Å². The lowest BCUT2D eigenvalue weighted by Gasteiger charge is -2.25. The maximum Gasteiger partial charge on any atom is 0.252 e. The fourth-order valence-electron chi connectivity index (χ4n) is 2.28. The zero-order valence-electron chi connectivity index (χ0n) is 10.7. The fraction of sp³-hybridized carbons (Fsp3) is 0.385. The smallest absolute Gasteiger partial charge is 0.206 e. The van der Waals surface area contributed by atoms with E-state index in [9.17, 15) is 8.42 Å². The first-order chi connectivity index (χ1) is 9.61. The van der Waals surface area contributed by atoms with Crippen molar-refractivity contribution in [2.45, 2.75) is 23.6 Å².